The first-order valence-corrected chi connectivity index (χ1v) is 8.88. The number of hydrogen-bond acceptors (Lipinski definition) is 5. The summed E-state index contributed by atoms with van der Waals surface area (Å²) < 4.78 is 44.1. The van der Waals surface area contributed by atoms with Gasteiger partial charge in [0.15, 0.2) is 0 Å². The van der Waals surface area contributed by atoms with Gasteiger partial charge in [-0.2, -0.15) is 13.2 Å². The number of aromatic nitrogens is 3. The van der Waals surface area contributed by atoms with Crippen molar-refractivity contribution in [2.75, 3.05) is 31.2 Å². The summed E-state index contributed by atoms with van der Waals surface area (Å²) in [7, 11) is 0. The van der Waals surface area contributed by atoms with E-state index in [1.807, 2.05) is 19.9 Å². The van der Waals surface area contributed by atoms with Crippen LogP contribution in [0.25, 0.3) is 11.0 Å². The summed E-state index contributed by atoms with van der Waals surface area (Å²) >= 11 is 0. The number of aryl methyl sites for hydroxylation is 2. The van der Waals surface area contributed by atoms with Crippen LogP contribution in [0.5, 0.6) is 0 Å². The normalized spacial score (nSPS) is 24.0. The van der Waals surface area contributed by atoms with Gasteiger partial charge in [-0.3, -0.25) is 0 Å². The summed E-state index contributed by atoms with van der Waals surface area (Å²) in [5.74, 6) is -0.707. The highest BCUT2D eigenvalue weighted by atomic mass is 19.4. The number of morpholine rings is 1. The number of anilines is 1. The lowest BCUT2D eigenvalue weighted by Crippen LogP contribution is -2.38. The first-order valence-electron chi connectivity index (χ1n) is 8.88. The number of fused-ring (bicyclic) bond motifs is 1. The third kappa shape index (κ3) is 3.11. The molecule has 5 nitrogen and oxygen atoms in total. The van der Waals surface area contributed by atoms with Gasteiger partial charge in [0, 0.05) is 25.1 Å². The molecule has 1 saturated carbocycles. The smallest absolute Gasteiger partial charge is 0.378 e. The van der Waals surface area contributed by atoms with Gasteiger partial charge in [0.2, 0.25) is 0 Å². The van der Waals surface area contributed by atoms with Gasteiger partial charge in [-0.1, -0.05) is 0 Å². The Bertz CT molecular complexity index is 827. The molecule has 0 N–H and O–H groups in total. The number of nitrogens with zero attached hydrogens (tertiary/aromatic N) is 4. The molecular weight excluding hydrogens is 345 g/mol. The van der Waals surface area contributed by atoms with Gasteiger partial charge in [-0.05, 0) is 26.7 Å². The average Bonchev–Trinajstić information content (AvgIpc) is 2.54. The van der Waals surface area contributed by atoms with Gasteiger partial charge in [0.1, 0.15) is 11.3 Å². The minimum absolute atomic E-state index is 0.0762. The lowest BCUT2D eigenvalue weighted by Gasteiger charge is -2.37. The minimum atomic E-state index is -4.13. The Morgan fingerprint density at radius 3 is 2.35 bits per heavy atom. The number of alkyl halides is 3. The Morgan fingerprint density at radius 2 is 1.69 bits per heavy atom. The van der Waals surface area contributed by atoms with Gasteiger partial charge in [0.05, 0.1) is 41.7 Å². The molecule has 1 aliphatic heterocycles. The predicted octanol–water partition coefficient (Wildman–Crippen LogP) is 3.53. The zero-order chi connectivity index (χ0) is 18.5. The van der Waals surface area contributed by atoms with E-state index in [0.717, 1.165) is 17.2 Å². The van der Waals surface area contributed by atoms with E-state index in [-0.39, 0.29) is 18.8 Å². The molecule has 26 heavy (non-hydrogen) atoms. The summed E-state index contributed by atoms with van der Waals surface area (Å²) in [6.45, 7) is 6.42. The highest BCUT2D eigenvalue weighted by molar-refractivity contribution is 5.80. The van der Waals surface area contributed by atoms with E-state index >= 15 is 0 Å². The molecule has 0 unspecified atom stereocenters. The van der Waals surface area contributed by atoms with Crippen molar-refractivity contribution in [1.82, 2.24) is 15.0 Å². The van der Waals surface area contributed by atoms with Crippen LogP contribution in [0, 0.1) is 19.8 Å². The van der Waals surface area contributed by atoms with E-state index in [1.165, 1.54) is 0 Å². The van der Waals surface area contributed by atoms with Crippen molar-refractivity contribution < 1.29 is 17.9 Å². The molecule has 1 saturated heterocycles. The van der Waals surface area contributed by atoms with Crippen molar-refractivity contribution in [2.45, 2.75) is 38.8 Å². The van der Waals surface area contributed by atoms with E-state index in [0.29, 0.717) is 43.0 Å². The number of hydrogen-bond donors (Lipinski definition) is 0. The van der Waals surface area contributed by atoms with E-state index in [9.17, 15) is 13.2 Å². The van der Waals surface area contributed by atoms with Crippen LogP contribution in [0.15, 0.2) is 6.07 Å². The molecule has 0 aromatic carbocycles. The molecular formula is C18H21F3N4O. The molecule has 0 bridgehead atoms. The topological polar surface area (TPSA) is 51.1 Å². The van der Waals surface area contributed by atoms with Crippen molar-refractivity contribution in [2.24, 2.45) is 5.92 Å². The maximum absolute atomic E-state index is 12.9. The maximum Gasteiger partial charge on any atom is 0.391 e. The fourth-order valence-corrected chi connectivity index (χ4v) is 3.59. The van der Waals surface area contributed by atoms with Crippen LogP contribution in [0.3, 0.4) is 0 Å². The quantitative estimate of drug-likeness (QED) is 0.814. The van der Waals surface area contributed by atoms with Crippen LogP contribution in [-0.4, -0.2) is 47.4 Å². The monoisotopic (exact) mass is 366 g/mol. The zero-order valence-electron chi connectivity index (χ0n) is 14.8. The van der Waals surface area contributed by atoms with Crippen molar-refractivity contribution in [3.05, 3.63) is 23.1 Å². The van der Waals surface area contributed by atoms with Crippen LogP contribution in [0.4, 0.5) is 19.0 Å². The molecule has 2 aromatic rings. The summed E-state index contributed by atoms with van der Waals surface area (Å²) in [6, 6.07) is 1.89. The van der Waals surface area contributed by atoms with Gasteiger partial charge in [0.25, 0.3) is 0 Å². The Morgan fingerprint density at radius 1 is 1.04 bits per heavy atom. The summed E-state index contributed by atoms with van der Waals surface area (Å²) in [6.07, 6.45) is -3.98. The second-order valence-electron chi connectivity index (χ2n) is 7.13. The number of halogens is 3. The largest absolute Gasteiger partial charge is 0.391 e. The Hall–Kier alpha value is -1.96. The Kier molecular flexibility index (Phi) is 4.25. The number of ether oxygens (including phenoxy) is 1. The summed E-state index contributed by atoms with van der Waals surface area (Å²) in [5, 5.41) is 0. The predicted molar refractivity (Wildman–Crippen MR) is 91.4 cm³/mol. The van der Waals surface area contributed by atoms with Crippen molar-refractivity contribution in [3.63, 3.8) is 0 Å². The van der Waals surface area contributed by atoms with Gasteiger partial charge in [-0.15, -0.1) is 0 Å². The van der Waals surface area contributed by atoms with Crippen LogP contribution < -0.4 is 4.90 Å². The summed E-state index contributed by atoms with van der Waals surface area (Å²) in [5.41, 5.74) is 3.60. The van der Waals surface area contributed by atoms with Crippen LogP contribution in [0.2, 0.25) is 0 Å². The average molecular weight is 366 g/mol. The Balaban J connectivity index is 1.75. The van der Waals surface area contributed by atoms with Crippen LogP contribution in [0.1, 0.15) is 35.8 Å². The molecule has 140 valence electrons. The molecule has 0 amide bonds. The Labute approximate surface area is 149 Å². The first-order chi connectivity index (χ1) is 12.3. The maximum atomic E-state index is 12.9. The zero-order valence-corrected chi connectivity index (χ0v) is 14.8. The van der Waals surface area contributed by atoms with Gasteiger partial charge < -0.3 is 9.64 Å². The summed E-state index contributed by atoms with van der Waals surface area (Å²) in [4.78, 5) is 16.1. The third-order valence-corrected chi connectivity index (χ3v) is 5.40. The molecule has 0 atom stereocenters. The minimum Gasteiger partial charge on any atom is -0.378 e. The van der Waals surface area contributed by atoms with E-state index in [4.69, 9.17) is 9.72 Å². The van der Waals surface area contributed by atoms with Crippen molar-refractivity contribution in [3.8, 4) is 0 Å². The highest BCUT2D eigenvalue weighted by Gasteiger charge is 2.49. The third-order valence-electron chi connectivity index (χ3n) is 5.40. The van der Waals surface area contributed by atoms with Crippen LogP contribution >= 0.6 is 0 Å². The fraction of sp³-hybridized carbons (Fsp3) is 0.611. The van der Waals surface area contributed by atoms with Crippen LogP contribution in [-0.2, 0) is 4.74 Å². The molecule has 2 aromatic heterocycles. The lowest BCUT2D eigenvalue weighted by atomic mass is 9.72. The molecule has 3 heterocycles. The number of pyridine rings is 1. The van der Waals surface area contributed by atoms with E-state index < -0.39 is 12.1 Å². The standard InChI is InChI=1S/C18H21F3N4O/c1-10-11(2)23-17-14(22-10)9-15(25-3-5-26-6-4-25)24-16(17)12-7-13(8-12)18(19,20)21/h9,12-13H,3-8H2,1-2H3. The second kappa shape index (κ2) is 6.33. The molecule has 8 heteroatoms. The second-order valence-corrected chi connectivity index (χ2v) is 7.13. The molecule has 0 spiro atoms. The van der Waals surface area contributed by atoms with Crippen molar-refractivity contribution >= 4 is 16.9 Å². The number of rotatable bonds is 2. The molecule has 4 rings (SSSR count). The van der Waals surface area contributed by atoms with E-state index in [1.54, 1.807) is 0 Å². The molecule has 2 fully saturated rings. The SMILES string of the molecule is Cc1nc2cc(N3CCOCC3)nc(C3CC(C(F)(F)F)C3)c2nc1C. The van der Waals surface area contributed by atoms with Crippen molar-refractivity contribution in [1.29, 1.82) is 0 Å². The first kappa shape index (κ1) is 17.5. The molecule has 1 aliphatic carbocycles. The fourth-order valence-electron chi connectivity index (χ4n) is 3.59. The lowest BCUT2D eigenvalue weighted by molar-refractivity contribution is -0.197. The van der Waals surface area contributed by atoms with Gasteiger partial charge in [-0.25, -0.2) is 15.0 Å². The molecule has 2 aliphatic rings. The van der Waals surface area contributed by atoms with E-state index in [2.05, 4.69) is 14.9 Å². The van der Waals surface area contributed by atoms with Gasteiger partial charge >= 0.3 is 6.18 Å². The molecule has 0 radical (unpaired) electrons. The highest BCUT2D eigenvalue weighted by Crippen LogP contribution is 2.50.